The van der Waals surface area contributed by atoms with Crippen LogP contribution < -0.4 is 11.2 Å². The molecule has 6 heteroatoms. The Morgan fingerprint density at radius 3 is 2.95 bits per heavy atom. The molecule has 0 aliphatic carbocycles. The van der Waals surface area contributed by atoms with Crippen LogP contribution >= 0.6 is 0 Å². The predicted octanol–water partition coefficient (Wildman–Crippen LogP) is 1.10. The Labute approximate surface area is 127 Å². The lowest BCUT2D eigenvalue weighted by molar-refractivity contribution is -0.117. The number of aromatic amines is 1. The van der Waals surface area contributed by atoms with E-state index in [0.717, 1.165) is 15.3 Å². The SMILES string of the molecule is [2H]C([2H])([2H])C(=O)C([2H])([2H])CCCn1c(=O)c2c(C([2H])([2H])[2H])c[nH]c2n(C)c1=O. The van der Waals surface area contributed by atoms with Crippen molar-refractivity contribution in [3.63, 3.8) is 0 Å². The number of Topliss-reactive ketones (excluding diaryl/α,β-unsaturated/α-hetero) is 1. The standard InChI is InChI=1S/C14H19N3O3/c1-9-8-15-12-11(9)13(19)17(14(20)16(12)3)7-5-4-6-10(2)18/h8,15H,4-7H2,1-3H3/i1D3,2D3,6D2. The van der Waals surface area contributed by atoms with Crippen molar-refractivity contribution in [3.05, 3.63) is 32.6 Å². The van der Waals surface area contributed by atoms with Crippen LogP contribution in [0.1, 0.15) is 42.6 Å². The number of hydrogen-bond acceptors (Lipinski definition) is 3. The van der Waals surface area contributed by atoms with E-state index < -0.39 is 43.5 Å². The Morgan fingerprint density at radius 1 is 1.45 bits per heavy atom. The summed E-state index contributed by atoms with van der Waals surface area (Å²) in [5.74, 6) is -1.55. The van der Waals surface area contributed by atoms with Crippen molar-refractivity contribution < 1.29 is 15.8 Å². The van der Waals surface area contributed by atoms with Crippen LogP contribution in [0.25, 0.3) is 11.0 Å². The second kappa shape index (κ2) is 5.48. The number of carbonyl (C=O) groups is 1. The maximum Gasteiger partial charge on any atom is 0.332 e. The summed E-state index contributed by atoms with van der Waals surface area (Å²) in [5.41, 5.74) is -1.80. The number of carbonyl (C=O) groups excluding carboxylic acids is 1. The molecule has 2 aromatic rings. The summed E-state index contributed by atoms with van der Waals surface area (Å²) in [7, 11) is 1.35. The third-order valence-corrected chi connectivity index (χ3v) is 3.02. The molecule has 0 unspecified atom stereocenters. The van der Waals surface area contributed by atoms with Crippen molar-refractivity contribution in [1.82, 2.24) is 14.1 Å². The highest BCUT2D eigenvalue weighted by Crippen LogP contribution is 2.10. The average Bonchev–Trinajstić information content (AvgIpc) is 3.00. The van der Waals surface area contributed by atoms with Gasteiger partial charge in [0.25, 0.3) is 5.56 Å². The number of H-pyrrole nitrogens is 1. The van der Waals surface area contributed by atoms with Crippen molar-refractivity contribution in [2.45, 2.75) is 39.5 Å². The first-order valence-corrected chi connectivity index (χ1v) is 5.95. The lowest BCUT2D eigenvalue weighted by atomic mass is 10.2. The van der Waals surface area contributed by atoms with Gasteiger partial charge in [0.15, 0.2) is 0 Å². The van der Waals surface area contributed by atoms with Crippen LogP contribution in [0.4, 0.5) is 0 Å². The molecule has 20 heavy (non-hydrogen) atoms. The first-order valence-electron chi connectivity index (χ1n) is 9.95. The molecule has 0 fully saturated rings. The molecular weight excluding hydrogens is 258 g/mol. The van der Waals surface area contributed by atoms with E-state index in [1.165, 1.54) is 7.05 Å². The van der Waals surface area contributed by atoms with Crippen molar-refractivity contribution in [2.24, 2.45) is 7.05 Å². The van der Waals surface area contributed by atoms with E-state index >= 15 is 0 Å². The monoisotopic (exact) mass is 285 g/mol. The number of nitrogens with one attached hydrogen (secondary N) is 1. The number of aromatic nitrogens is 3. The summed E-state index contributed by atoms with van der Waals surface area (Å²) in [6, 6.07) is 0. The van der Waals surface area contributed by atoms with Gasteiger partial charge in [0, 0.05) is 37.1 Å². The number of hydrogen-bond donors (Lipinski definition) is 1. The summed E-state index contributed by atoms with van der Waals surface area (Å²) in [4.78, 5) is 39.4. The number of ketones is 1. The maximum absolute atomic E-state index is 12.7. The zero-order valence-electron chi connectivity index (χ0n) is 18.8. The first-order chi connectivity index (χ1) is 12.6. The molecule has 1 N–H and O–H groups in total. The molecule has 6 nitrogen and oxygen atoms in total. The Morgan fingerprint density at radius 2 is 2.25 bits per heavy atom. The largest absolute Gasteiger partial charge is 0.347 e. The van der Waals surface area contributed by atoms with Crippen molar-refractivity contribution in [3.8, 4) is 0 Å². The highest BCUT2D eigenvalue weighted by Gasteiger charge is 2.13. The van der Waals surface area contributed by atoms with E-state index in [4.69, 9.17) is 11.0 Å². The summed E-state index contributed by atoms with van der Waals surface area (Å²) in [5, 5.41) is -0.177. The molecule has 108 valence electrons. The minimum absolute atomic E-state index is 0.0466. The van der Waals surface area contributed by atoms with Crippen LogP contribution in [0, 0.1) is 6.85 Å². The van der Waals surface area contributed by atoms with Gasteiger partial charge in [0.1, 0.15) is 11.4 Å². The van der Waals surface area contributed by atoms with Crippen LogP contribution in [-0.2, 0) is 18.4 Å². The minimum Gasteiger partial charge on any atom is -0.347 e. The molecule has 0 aromatic carbocycles. The Hall–Kier alpha value is -2.11. The van der Waals surface area contributed by atoms with Gasteiger partial charge in [-0.15, -0.1) is 0 Å². The molecule has 0 spiro atoms. The third kappa shape index (κ3) is 2.45. The van der Waals surface area contributed by atoms with Crippen LogP contribution in [0.2, 0.25) is 0 Å². The molecule has 0 saturated heterocycles. The summed E-state index contributed by atoms with van der Waals surface area (Å²) in [6.07, 6.45) is -2.21. The van der Waals surface area contributed by atoms with Crippen molar-refractivity contribution >= 4 is 16.8 Å². The van der Waals surface area contributed by atoms with E-state index in [1.54, 1.807) is 0 Å². The molecule has 2 aromatic heterocycles. The van der Waals surface area contributed by atoms with Gasteiger partial charge >= 0.3 is 5.69 Å². The van der Waals surface area contributed by atoms with Gasteiger partial charge in [-0.3, -0.25) is 13.9 Å². The Bertz CT molecular complexity index is 1030. The van der Waals surface area contributed by atoms with Gasteiger partial charge in [0.2, 0.25) is 0 Å². The number of rotatable bonds is 5. The second-order valence-corrected chi connectivity index (χ2v) is 4.33. The quantitative estimate of drug-likeness (QED) is 0.893. The normalized spacial score (nSPS) is 19.1. The molecule has 2 rings (SSSR count). The predicted molar refractivity (Wildman–Crippen MR) is 77.1 cm³/mol. The van der Waals surface area contributed by atoms with E-state index in [0.29, 0.717) is 0 Å². The van der Waals surface area contributed by atoms with Gasteiger partial charge in [-0.05, 0) is 32.1 Å². The van der Waals surface area contributed by atoms with Crippen LogP contribution in [0.3, 0.4) is 0 Å². The van der Waals surface area contributed by atoms with Crippen molar-refractivity contribution in [1.29, 1.82) is 0 Å². The van der Waals surface area contributed by atoms with E-state index in [-0.39, 0.29) is 29.6 Å². The summed E-state index contributed by atoms with van der Waals surface area (Å²) in [6.45, 7) is -5.99. The van der Waals surface area contributed by atoms with Gasteiger partial charge in [0.05, 0.1) is 5.39 Å². The number of aryl methyl sites for hydroxylation is 2. The number of fused-ring (bicyclic) bond motifs is 1. The van der Waals surface area contributed by atoms with Gasteiger partial charge in [-0.2, -0.15) is 0 Å². The summed E-state index contributed by atoms with van der Waals surface area (Å²) < 4.78 is 60.7. The van der Waals surface area contributed by atoms with E-state index in [9.17, 15) is 14.4 Å². The molecular formula is C14H19N3O3. The first kappa shape index (κ1) is 7.06. The fourth-order valence-electron chi connectivity index (χ4n) is 2.03. The lowest BCUT2D eigenvalue weighted by Crippen LogP contribution is -2.39. The van der Waals surface area contributed by atoms with Crippen LogP contribution in [-0.4, -0.2) is 19.9 Å². The highest BCUT2D eigenvalue weighted by atomic mass is 16.2. The second-order valence-electron chi connectivity index (χ2n) is 4.33. The molecule has 0 saturated carbocycles. The minimum atomic E-state index is -3.10. The zero-order valence-corrected chi connectivity index (χ0v) is 10.8. The van der Waals surface area contributed by atoms with Gasteiger partial charge in [-0.25, -0.2) is 4.79 Å². The smallest absolute Gasteiger partial charge is 0.332 e. The average molecular weight is 285 g/mol. The van der Waals surface area contributed by atoms with Crippen molar-refractivity contribution in [2.75, 3.05) is 0 Å². The molecule has 0 bridgehead atoms. The third-order valence-electron chi connectivity index (χ3n) is 3.02. The molecule has 0 aliphatic rings. The lowest BCUT2D eigenvalue weighted by Gasteiger charge is -2.08. The number of nitrogens with zero attached hydrogens (tertiary/aromatic N) is 2. The maximum atomic E-state index is 12.7. The molecule has 2 heterocycles. The molecule has 0 aliphatic heterocycles. The van der Waals surface area contributed by atoms with Gasteiger partial charge < -0.3 is 9.78 Å². The summed E-state index contributed by atoms with van der Waals surface area (Å²) >= 11 is 0. The zero-order chi connectivity index (χ0) is 21.7. The molecule has 0 radical (unpaired) electrons. The van der Waals surface area contributed by atoms with Crippen LogP contribution in [0.15, 0.2) is 15.8 Å². The molecule has 0 amide bonds. The molecule has 0 atom stereocenters. The Balaban J connectivity index is 2.40. The van der Waals surface area contributed by atoms with Crippen LogP contribution in [0.5, 0.6) is 0 Å². The highest BCUT2D eigenvalue weighted by molar-refractivity contribution is 5.78. The topological polar surface area (TPSA) is 76.9 Å². The fourth-order valence-corrected chi connectivity index (χ4v) is 2.03. The van der Waals surface area contributed by atoms with E-state index in [1.807, 2.05) is 0 Å². The fraction of sp³-hybridized carbons (Fsp3) is 0.500. The van der Waals surface area contributed by atoms with E-state index in [2.05, 4.69) is 4.98 Å². The Kier molecular flexibility index (Phi) is 1.93. The van der Waals surface area contributed by atoms with Gasteiger partial charge in [-0.1, -0.05) is 0 Å².